The molecular weight excluding hydrogens is 264 g/mol. The van der Waals surface area contributed by atoms with Crippen molar-refractivity contribution in [3.05, 3.63) is 33.9 Å². The maximum Gasteiger partial charge on any atom is 0.270 e. The van der Waals surface area contributed by atoms with Crippen molar-refractivity contribution in [3.8, 4) is 0 Å². The zero-order valence-corrected chi connectivity index (χ0v) is 11.0. The zero-order valence-electron chi connectivity index (χ0n) is 11.0. The highest BCUT2D eigenvalue weighted by Gasteiger charge is 2.16. The molecular formula is C12H16N4O4. The van der Waals surface area contributed by atoms with Gasteiger partial charge >= 0.3 is 0 Å². The number of benzene rings is 1. The quantitative estimate of drug-likeness (QED) is 0.498. The van der Waals surface area contributed by atoms with Crippen molar-refractivity contribution >= 4 is 23.2 Å². The minimum absolute atomic E-state index is 0.105. The maximum absolute atomic E-state index is 11.9. The summed E-state index contributed by atoms with van der Waals surface area (Å²) in [5.74, 6) is -1.28. The minimum atomic E-state index is -0.688. The number of hydrogen-bond acceptors (Lipinski definition) is 5. The van der Waals surface area contributed by atoms with Gasteiger partial charge in [0.15, 0.2) is 0 Å². The fourth-order valence-electron chi connectivity index (χ4n) is 1.51. The molecule has 0 unspecified atom stereocenters. The first kappa shape index (κ1) is 15.4. The number of hydrogen-bond donors (Lipinski definition) is 3. The lowest BCUT2D eigenvalue weighted by atomic mass is 10.1. The summed E-state index contributed by atoms with van der Waals surface area (Å²) in [6.45, 7) is 2.24. The smallest absolute Gasteiger partial charge is 0.270 e. The number of nitro benzene ring substituents is 1. The molecule has 2 amide bonds. The van der Waals surface area contributed by atoms with E-state index < -0.39 is 16.7 Å². The number of primary amides is 1. The van der Waals surface area contributed by atoms with E-state index in [-0.39, 0.29) is 17.8 Å². The van der Waals surface area contributed by atoms with Crippen LogP contribution in [0, 0.1) is 10.1 Å². The average Bonchev–Trinajstić information content (AvgIpc) is 2.42. The molecule has 4 N–H and O–H groups in total. The molecule has 1 aromatic carbocycles. The van der Waals surface area contributed by atoms with Crippen LogP contribution >= 0.6 is 0 Å². The molecule has 0 saturated heterocycles. The lowest BCUT2D eigenvalue weighted by Crippen LogP contribution is -2.33. The van der Waals surface area contributed by atoms with E-state index in [1.165, 1.54) is 12.1 Å². The van der Waals surface area contributed by atoms with E-state index in [1.807, 2.05) is 6.92 Å². The Bertz CT molecular complexity index is 530. The molecule has 0 aromatic heterocycles. The van der Waals surface area contributed by atoms with Crippen molar-refractivity contribution in [1.29, 1.82) is 0 Å². The second-order valence-electron chi connectivity index (χ2n) is 4.06. The second kappa shape index (κ2) is 7.07. The third-order valence-corrected chi connectivity index (χ3v) is 2.45. The van der Waals surface area contributed by atoms with E-state index in [0.29, 0.717) is 12.2 Å². The predicted octanol–water partition coefficient (Wildman–Crippen LogP) is 0.632. The first-order chi connectivity index (χ1) is 9.45. The summed E-state index contributed by atoms with van der Waals surface area (Å²) in [5, 5.41) is 16.0. The van der Waals surface area contributed by atoms with E-state index >= 15 is 0 Å². The molecule has 0 heterocycles. The maximum atomic E-state index is 11.9. The summed E-state index contributed by atoms with van der Waals surface area (Å²) in [5.41, 5.74) is 5.32. The number of carbonyl (C=O) groups excluding carboxylic acids is 2. The molecule has 0 fully saturated rings. The van der Waals surface area contributed by atoms with E-state index in [9.17, 15) is 19.7 Å². The topological polar surface area (TPSA) is 127 Å². The van der Waals surface area contributed by atoms with Gasteiger partial charge in [-0.05, 0) is 12.5 Å². The molecule has 0 aliphatic heterocycles. The van der Waals surface area contributed by atoms with Crippen LogP contribution in [0.2, 0.25) is 0 Å². The molecule has 8 nitrogen and oxygen atoms in total. The van der Waals surface area contributed by atoms with Crippen LogP contribution < -0.4 is 16.4 Å². The van der Waals surface area contributed by atoms with Gasteiger partial charge in [0.1, 0.15) is 0 Å². The SMILES string of the molecule is CCCNc1ccc([N+](=O)[O-])cc1C(=O)NCC(N)=O. The summed E-state index contributed by atoms with van der Waals surface area (Å²) in [6.07, 6.45) is 0.833. The third-order valence-electron chi connectivity index (χ3n) is 2.45. The number of non-ortho nitro benzene ring substituents is 1. The van der Waals surface area contributed by atoms with Gasteiger partial charge < -0.3 is 16.4 Å². The van der Waals surface area contributed by atoms with Gasteiger partial charge in [-0.3, -0.25) is 19.7 Å². The number of nitrogens with zero attached hydrogens (tertiary/aromatic N) is 1. The summed E-state index contributed by atoms with van der Waals surface area (Å²) in [4.78, 5) is 32.7. The van der Waals surface area contributed by atoms with Crippen molar-refractivity contribution in [3.63, 3.8) is 0 Å². The van der Waals surface area contributed by atoms with Crippen LogP contribution in [0.5, 0.6) is 0 Å². The molecule has 8 heteroatoms. The lowest BCUT2D eigenvalue weighted by molar-refractivity contribution is -0.384. The second-order valence-corrected chi connectivity index (χ2v) is 4.06. The van der Waals surface area contributed by atoms with Gasteiger partial charge in [0, 0.05) is 24.4 Å². The number of anilines is 1. The minimum Gasteiger partial charge on any atom is -0.384 e. The molecule has 1 rings (SSSR count). The van der Waals surface area contributed by atoms with E-state index in [0.717, 1.165) is 12.5 Å². The lowest BCUT2D eigenvalue weighted by Gasteiger charge is -2.11. The molecule has 1 aromatic rings. The van der Waals surface area contributed by atoms with Crippen molar-refractivity contribution < 1.29 is 14.5 Å². The summed E-state index contributed by atoms with van der Waals surface area (Å²) >= 11 is 0. The Labute approximate surface area is 115 Å². The number of nitro groups is 1. The number of amides is 2. The van der Waals surface area contributed by atoms with Gasteiger partial charge in [0.25, 0.3) is 11.6 Å². The number of nitrogens with one attached hydrogen (secondary N) is 2. The predicted molar refractivity (Wildman–Crippen MR) is 73.4 cm³/mol. The van der Waals surface area contributed by atoms with Crippen LogP contribution in [0.3, 0.4) is 0 Å². The number of rotatable bonds is 7. The molecule has 20 heavy (non-hydrogen) atoms. The van der Waals surface area contributed by atoms with E-state index in [1.54, 1.807) is 0 Å². The fraction of sp³-hybridized carbons (Fsp3) is 0.333. The van der Waals surface area contributed by atoms with E-state index in [4.69, 9.17) is 5.73 Å². The molecule has 0 aliphatic carbocycles. The average molecular weight is 280 g/mol. The van der Waals surface area contributed by atoms with Crippen LogP contribution in [-0.2, 0) is 4.79 Å². The Morgan fingerprint density at radius 1 is 1.40 bits per heavy atom. The fourth-order valence-corrected chi connectivity index (χ4v) is 1.51. The van der Waals surface area contributed by atoms with Crippen molar-refractivity contribution in [2.75, 3.05) is 18.4 Å². The normalized spacial score (nSPS) is 9.85. The molecule has 0 radical (unpaired) electrons. The monoisotopic (exact) mass is 280 g/mol. The summed E-state index contributed by atoms with van der Waals surface area (Å²) < 4.78 is 0. The summed E-state index contributed by atoms with van der Waals surface area (Å²) in [6, 6.07) is 3.93. The molecule has 0 bridgehead atoms. The highest BCUT2D eigenvalue weighted by atomic mass is 16.6. The first-order valence-corrected chi connectivity index (χ1v) is 6.04. The number of carbonyl (C=O) groups is 2. The highest BCUT2D eigenvalue weighted by Crippen LogP contribution is 2.22. The van der Waals surface area contributed by atoms with Gasteiger partial charge in [-0.15, -0.1) is 0 Å². The molecule has 108 valence electrons. The van der Waals surface area contributed by atoms with Gasteiger partial charge in [-0.1, -0.05) is 6.92 Å². The third kappa shape index (κ3) is 4.23. The van der Waals surface area contributed by atoms with Gasteiger partial charge in [0.05, 0.1) is 17.0 Å². The Balaban J connectivity index is 3.03. The zero-order chi connectivity index (χ0) is 15.1. The van der Waals surface area contributed by atoms with Crippen LogP contribution in [0.4, 0.5) is 11.4 Å². The molecule has 0 aliphatic rings. The van der Waals surface area contributed by atoms with Gasteiger partial charge in [0.2, 0.25) is 5.91 Å². The van der Waals surface area contributed by atoms with Crippen LogP contribution in [-0.4, -0.2) is 29.8 Å². The highest BCUT2D eigenvalue weighted by molar-refractivity contribution is 6.01. The Kier molecular flexibility index (Phi) is 5.45. The molecule has 0 atom stereocenters. The van der Waals surface area contributed by atoms with Crippen LogP contribution in [0.25, 0.3) is 0 Å². The first-order valence-electron chi connectivity index (χ1n) is 6.04. The van der Waals surface area contributed by atoms with Crippen LogP contribution in [0.15, 0.2) is 18.2 Å². The largest absolute Gasteiger partial charge is 0.384 e. The van der Waals surface area contributed by atoms with Crippen LogP contribution in [0.1, 0.15) is 23.7 Å². The molecule has 0 spiro atoms. The van der Waals surface area contributed by atoms with Gasteiger partial charge in [-0.2, -0.15) is 0 Å². The van der Waals surface area contributed by atoms with Crippen molar-refractivity contribution in [2.24, 2.45) is 5.73 Å². The number of nitrogens with two attached hydrogens (primary N) is 1. The van der Waals surface area contributed by atoms with E-state index in [2.05, 4.69) is 10.6 Å². The Hall–Kier alpha value is -2.64. The molecule has 0 saturated carbocycles. The van der Waals surface area contributed by atoms with Gasteiger partial charge in [-0.25, -0.2) is 0 Å². The Morgan fingerprint density at radius 2 is 2.10 bits per heavy atom. The van der Waals surface area contributed by atoms with Crippen molar-refractivity contribution in [2.45, 2.75) is 13.3 Å². The van der Waals surface area contributed by atoms with Crippen molar-refractivity contribution in [1.82, 2.24) is 5.32 Å². The Morgan fingerprint density at radius 3 is 2.65 bits per heavy atom. The summed E-state index contributed by atoms with van der Waals surface area (Å²) in [7, 11) is 0. The standard InChI is InChI=1S/C12H16N4O4/c1-2-5-14-10-4-3-8(16(19)20)6-9(10)12(18)15-7-11(13)17/h3-4,6,14H,2,5,7H2,1H3,(H2,13,17)(H,15,18).